The van der Waals surface area contributed by atoms with E-state index in [4.69, 9.17) is 15.2 Å². The standard InChI is InChI=1S/C15H14FNO3/c1-19-13-7-10(11(16)8-14(13)20-2)15(18)9-5-3-4-6-12(9)17/h3-8H,17H2,1-2H3. The summed E-state index contributed by atoms with van der Waals surface area (Å²) in [6.07, 6.45) is 0. The zero-order valence-corrected chi connectivity index (χ0v) is 11.1. The first kappa shape index (κ1) is 13.9. The summed E-state index contributed by atoms with van der Waals surface area (Å²) in [7, 11) is 2.81. The summed E-state index contributed by atoms with van der Waals surface area (Å²) in [4.78, 5) is 12.3. The number of ether oxygens (including phenoxy) is 2. The van der Waals surface area contributed by atoms with E-state index < -0.39 is 11.6 Å². The van der Waals surface area contributed by atoms with Gasteiger partial charge in [0.25, 0.3) is 0 Å². The van der Waals surface area contributed by atoms with Crippen LogP contribution in [0.2, 0.25) is 0 Å². The van der Waals surface area contributed by atoms with E-state index in [1.807, 2.05) is 0 Å². The molecule has 0 aromatic heterocycles. The molecule has 0 heterocycles. The van der Waals surface area contributed by atoms with Crippen LogP contribution in [0.5, 0.6) is 11.5 Å². The Balaban J connectivity index is 2.53. The van der Waals surface area contributed by atoms with Crippen LogP contribution in [0.15, 0.2) is 36.4 Å². The number of carbonyl (C=O) groups is 1. The number of methoxy groups -OCH3 is 2. The van der Waals surface area contributed by atoms with Gasteiger partial charge in [0.05, 0.1) is 19.8 Å². The van der Waals surface area contributed by atoms with Crippen LogP contribution in [0.3, 0.4) is 0 Å². The maximum absolute atomic E-state index is 14.0. The van der Waals surface area contributed by atoms with Gasteiger partial charge in [0, 0.05) is 17.3 Å². The van der Waals surface area contributed by atoms with E-state index >= 15 is 0 Å². The smallest absolute Gasteiger partial charge is 0.198 e. The van der Waals surface area contributed by atoms with Crippen molar-refractivity contribution >= 4 is 11.5 Å². The van der Waals surface area contributed by atoms with Gasteiger partial charge in [0.2, 0.25) is 0 Å². The molecule has 0 atom stereocenters. The average Bonchev–Trinajstić information content (AvgIpc) is 2.46. The molecule has 0 aliphatic carbocycles. The van der Waals surface area contributed by atoms with Gasteiger partial charge in [-0.3, -0.25) is 4.79 Å². The molecule has 2 rings (SSSR count). The van der Waals surface area contributed by atoms with Crippen molar-refractivity contribution in [3.8, 4) is 11.5 Å². The molecule has 2 aromatic carbocycles. The molecule has 4 nitrogen and oxygen atoms in total. The second-order valence-electron chi connectivity index (χ2n) is 4.10. The lowest BCUT2D eigenvalue weighted by atomic mass is 10.0. The van der Waals surface area contributed by atoms with Gasteiger partial charge in [-0.2, -0.15) is 0 Å². The topological polar surface area (TPSA) is 61.5 Å². The summed E-state index contributed by atoms with van der Waals surface area (Å²) in [5.74, 6) is -0.674. The molecule has 5 heteroatoms. The third kappa shape index (κ3) is 2.42. The molecule has 2 N–H and O–H groups in total. The van der Waals surface area contributed by atoms with Crippen LogP contribution in [0.1, 0.15) is 15.9 Å². The Morgan fingerprint density at radius 1 is 1.05 bits per heavy atom. The van der Waals surface area contributed by atoms with Gasteiger partial charge in [-0.15, -0.1) is 0 Å². The fraction of sp³-hybridized carbons (Fsp3) is 0.133. The van der Waals surface area contributed by atoms with Crippen molar-refractivity contribution in [3.63, 3.8) is 0 Å². The van der Waals surface area contributed by atoms with Crippen LogP contribution in [-0.4, -0.2) is 20.0 Å². The number of rotatable bonds is 4. The molecule has 0 unspecified atom stereocenters. The van der Waals surface area contributed by atoms with Gasteiger partial charge in [-0.1, -0.05) is 12.1 Å². The van der Waals surface area contributed by atoms with Crippen LogP contribution in [0, 0.1) is 5.82 Å². The summed E-state index contributed by atoms with van der Waals surface area (Å²) in [5, 5.41) is 0. The highest BCUT2D eigenvalue weighted by atomic mass is 19.1. The van der Waals surface area contributed by atoms with E-state index in [2.05, 4.69) is 0 Å². The van der Waals surface area contributed by atoms with Gasteiger partial charge in [0.15, 0.2) is 17.3 Å². The quantitative estimate of drug-likeness (QED) is 0.688. The highest BCUT2D eigenvalue weighted by Gasteiger charge is 2.19. The number of ketones is 1. The largest absolute Gasteiger partial charge is 0.493 e. The van der Waals surface area contributed by atoms with Crippen LogP contribution >= 0.6 is 0 Å². The summed E-state index contributed by atoms with van der Waals surface area (Å²) >= 11 is 0. The monoisotopic (exact) mass is 275 g/mol. The summed E-state index contributed by atoms with van der Waals surface area (Å²) in [6.45, 7) is 0. The Morgan fingerprint density at radius 2 is 1.65 bits per heavy atom. The Hall–Kier alpha value is -2.56. The van der Waals surface area contributed by atoms with Crippen molar-refractivity contribution in [2.24, 2.45) is 0 Å². The predicted molar refractivity (Wildman–Crippen MR) is 73.8 cm³/mol. The van der Waals surface area contributed by atoms with Gasteiger partial charge < -0.3 is 15.2 Å². The summed E-state index contributed by atoms with van der Waals surface area (Å²) in [5.41, 5.74) is 6.17. The zero-order chi connectivity index (χ0) is 14.7. The molecule has 0 amide bonds. The van der Waals surface area contributed by atoms with E-state index in [-0.39, 0.29) is 22.6 Å². The SMILES string of the molecule is COc1cc(F)c(C(=O)c2ccccc2N)cc1OC. The number of nitrogen functional groups attached to an aromatic ring is 1. The Kier molecular flexibility index (Phi) is 3.89. The van der Waals surface area contributed by atoms with Crippen LogP contribution in [0.25, 0.3) is 0 Å². The minimum atomic E-state index is -0.684. The van der Waals surface area contributed by atoms with Crippen molar-refractivity contribution in [1.29, 1.82) is 0 Å². The molecular formula is C15H14FNO3. The highest BCUT2D eigenvalue weighted by Crippen LogP contribution is 2.31. The zero-order valence-electron chi connectivity index (χ0n) is 11.1. The first-order chi connectivity index (χ1) is 9.58. The first-order valence-electron chi connectivity index (χ1n) is 5.89. The van der Waals surface area contributed by atoms with Crippen LogP contribution in [0.4, 0.5) is 10.1 Å². The minimum absolute atomic E-state index is 0.111. The summed E-state index contributed by atoms with van der Waals surface area (Å²) < 4.78 is 24.1. The third-order valence-corrected chi connectivity index (χ3v) is 2.92. The van der Waals surface area contributed by atoms with E-state index in [9.17, 15) is 9.18 Å². The molecule has 0 spiro atoms. The average molecular weight is 275 g/mol. The molecule has 0 saturated heterocycles. The number of hydrogen-bond donors (Lipinski definition) is 1. The molecule has 0 bridgehead atoms. The molecule has 0 fully saturated rings. The molecular weight excluding hydrogens is 261 g/mol. The molecule has 104 valence electrons. The maximum Gasteiger partial charge on any atom is 0.198 e. The first-order valence-corrected chi connectivity index (χ1v) is 5.89. The molecule has 0 radical (unpaired) electrons. The maximum atomic E-state index is 14.0. The minimum Gasteiger partial charge on any atom is -0.493 e. The fourth-order valence-corrected chi connectivity index (χ4v) is 1.88. The number of halogens is 1. The number of para-hydroxylation sites is 1. The van der Waals surface area contributed by atoms with Gasteiger partial charge >= 0.3 is 0 Å². The van der Waals surface area contributed by atoms with Crippen molar-refractivity contribution in [2.75, 3.05) is 20.0 Å². The number of hydrogen-bond acceptors (Lipinski definition) is 4. The second kappa shape index (κ2) is 5.61. The molecule has 0 aliphatic heterocycles. The van der Waals surface area contributed by atoms with Crippen LogP contribution in [-0.2, 0) is 0 Å². The van der Waals surface area contributed by atoms with Gasteiger partial charge in [-0.25, -0.2) is 4.39 Å². The number of anilines is 1. The van der Waals surface area contributed by atoms with Gasteiger partial charge in [0.1, 0.15) is 5.82 Å². The molecule has 0 aliphatic rings. The third-order valence-electron chi connectivity index (χ3n) is 2.92. The van der Waals surface area contributed by atoms with E-state index in [0.717, 1.165) is 6.07 Å². The van der Waals surface area contributed by atoms with Crippen molar-refractivity contribution in [2.45, 2.75) is 0 Å². The van der Waals surface area contributed by atoms with Crippen molar-refractivity contribution in [1.82, 2.24) is 0 Å². The van der Waals surface area contributed by atoms with Crippen molar-refractivity contribution in [3.05, 3.63) is 53.3 Å². The van der Waals surface area contributed by atoms with Crippen molar-refractivity contribution < 1.29 is 18.7 Å². The number of carbonyl (C=O) groups excluding carboxylic acids is 1. The lowest BCUT2D eigenvalue weighted by Crippen LogP contribution is -2.08. The lowest BCUT2D eigenvalue weighted by molar-refractivity contribution is 0.103. The Bertz CT molecular complexity index is 656. The van der Waals surface area contributed by atoms with E-state index in [1.54, 1.807) is 24.3 Å². The molecule has 2 aromatic rings. The predicted octanol–water partition coefficient (Wildman–Crippen LogP) is 2.66. The molecule has 0 saturated carbocycles. The number of nitrogens with two attached hydrogens (primary N) is 1. The van der Waals surface area contributed by atoms with E-state index in [0.29, 0.717) is 5.69 Å². The fourth-order valence-electron chi connectivity index (χ4n) is 1.88. The second-order valence-corrected chi connectivity index (χ2v) is 4.10. The Labute approximate surface area is 115 Å². The highest BCUT2D eigenvalue weighted by molar-refractivity contribution is 6.12. The molecule has 20 heavy (non-hydrogen) atoms. The van der Waals surface area contributed by atoms with Crippen LogP contribution < -0.4 is 15.2 Å². The summed E-state index contributed by atoms with van der Waals surface area (Å²) in [6, 6.07) is 8.94. The van der Waals surface area contributed by atoms with E-state index in [1.165, 1.54) is 20.3 Å². The number of benzene rings is 2. The normalized spacial score (nSPS) is 10.2. The Morgan fingerprint density at radius 3 is 2.25 bits per heavy atom. The lowest BCUT2D eigenvalue weighted by Gasteiger charge is -2.11. The van der Waals surface area contributed by atoms with Gasteiger partial charge in [-0.05, 0) is 18.2 Å².